The highest BCUT2D eigenvalue weighted by Crippen LogP contribution is 2.26. The van der Waals surface area contributed by atoms with Crippen molar-refractivity contribution in [2.45, 2.75) is 50.0 Å². The Morgan fingerprint density at radius 1 is 0.758 bits per heavy atom. The van der Waals surface area contributed by atoms with Crippen molar-refractivity contribution in [3.8, 4) is 0 Å². The number of esters is 3. The Bertz CT molecular complexity index is 634. The largest absolute Gasteiger partial charge is 0.762 e. The maximum Gasteiger partial charge on any atom is 0.309 e. The van der Waals surface area contributed by atoms with Crippen molar-refractivity contribution >= 4 is 17.9 Å². The molecule has 0 spiro atoms. The molecule has 33 heavy (non-hydrogen) atoms. The number of hydroxylamine groups is 6. The third-order valence-corrected chi connectivity index (χ3v) is 4.09. The fourth-order valence-electron chi connectivity index (χ4n) is 2.48. The zero-order valence-corrected chi connectivity index (χ0v) is 17.0. The van der Waals surface area contributed by atoms with Crippen LogP contribution in [-0.2, 0) is 33.3 Å². The van der Waals surface area contributed by atoms with Crippen LogP contribution in [-0.4, -0.2) is 116 Å². The minimum atomic E-state index is -1.97. The minimum absolute atomic E-state index is 0.515. The summed E-state index contributed by atoms with van der Waals surface area (Å²) in [5, 5.41) is 76.1. The second kappa shape index (κ2) is 14.2. The van der Waals surface area contributed by atoms with Crippen LogP contribution in [0.4, 0.5) is 0 Å². The van der Waals surface area contributed by atoms with Crippen LogP contribution >= 0.6 is 0 Å². The SMILES string of the molecule is O=C(CCN([O-])O)OCC1OC(OC(=O)CCN([O-])O)C(O)C(OC(=O)CCN([O-])O)C1O. The van der Waals surface area contributed by atoms with Gasteiger partial charge < -0.3 is 60.4 Å². The smallest absolute Gasteiger partial charge is 0.309 e. The van der Waals surface area contributed by atoms with Crippen molar-refractivity contribution in [1.82, 2.24) is 15.7 Å². The maximum atomic E-state index is 11.9. The van der Waals surface area contributed by atoms with Gasteiger partial charge in [0.15, 0.2) is 12.2 Å². The first kappa shape index (κ1) is 29.0. The predicted molar refractivity (Wildman–Crippen MR) is 97.0 cm³/mol. The molecule has 0 saturated carbocycles. The number of aliphatic hydroxyl groups is 2. The molecule has 5 unspecified atom stereocenters. The van der Waals surface area contributed by atoms with Crippen molar-refractivity contribution in [3.63, 3.8) is 0 Å². The molecule has 192 valence electrons. The van der Waals surface area contributed by atoms with E-state index in [2.05, 4.69) is 0 Å². The van der Waals surface area contributed by atoms with Gasteiger partial charge in [0.2, 0.25) is 6.29 Å². The van der Waals surface area contributed by atoms with E-state index in [1.54, 1.807) is 0 Å². The van der Waals surface area contributed by atoms with E-state index in [4.69, 9.17) is 34.6 Å². The van der Waals surface area contributed by atoms with Gasteiger partial charge >= 0.3 is 17.9 Å². The summed E-state index contributed by atoms with van der Waals surface area (Å²) in [5.74, 6) is -3.27. The van der Waals surface area contributed by atoms with Crippen LogP contribution in [0.25, 0.3) is 0 Å². The van der Waals surface area contributed by atoms with Crippen LogP contribution in [0.15, 0.2) is 0 Å². The van der Waals surface area contributed by atoms with Crippen LogP contribution in [0.5, 0.6) is 0 Å². The van der Waals surface area contributed by atoms with Gasteiger partial charge in [0.05, 0.1) is 19.3 Å². The summed E-state index contributed by atoms with van der Waals surface area (Å²) in [4.78, 5) is 35.3. The highest BCUT2D eigenvalue weighted by Gasteiger charge is 2.49. The standard InChI is InChI=1S/C15H24N3O15/c19-9(1-4-16(24)25)30-7-8-12(22)14(32-10(20)2-5-17(26)27)13(23)15(31-8)33-11(21)3-6-18(28)29/h8,12-15,22-24,26,28H,1-7H2/q-3. The molecule has 1 aliphatic heterocycles. The number of hydrogen-bond donors (Lipinski definition) is 5. The van der Waals surface area contributed by atoms with Crippen LogP contribution in [0.3, 0.4) is 0 Å². The third kappa shape index (κ3) is 11.1. The number of hydrogen-bond acceptors (Lipinski definition) is 18. The lowest BCUT2D eigenvalue weighted by molar-refractivity contribution is -0.296. The summed E-state index contributed by atoms with van der Waals surface area (Å²) in [6, 6.07) is 0. The van der Waals surface area contributed by atoms with Gasteiger partial charge in [-0.2, -0.15) is 0 Å². The first-order valence-corrected chi connectivity index (χ1v) is 9.37. The molecule has 0 aromatic heterocycles. The fraction of sp³-hybridized carbons (Fsp3) is 0.800. The van der Waals surface area contributed by atoms with E-state index in [-0.39, 0.29) is 0 Å². The number of ether oxygens (including phenoxy) is 4. The molecule has 18 nitrogen and oxygen atoms in total. The Morgan fingerprint density at radius 2 is 1.21 bits per heavy atom. The molecule has 1 rings (SSSR count). The predicted octanol–water partition coefficient (Wildman–Crippen LogP) is -2.83. The van der Waals surface area contributed by atoms with Crippen LogP contribution in [0, 0.1) is 15.6 Å². The summed E-state index contributed by atoms with van der Waals surface area (Å²) in [7, 11) is 0. The zero-order valence-electron chi connectivity index (χ0n) is 17.0. The summed E-state index contributed by atoms with van der Waals surface area (Å²) in [6.07, 6.45) is -10.9. The molecule has 0 bridgehead atoms. The number of carbonyl (C=O) groups is 3. The third-order valence-electron chi connectivity index (χ3n) is 4.09. The molecule has 5 N–H and O–H groups in total. The highest BCUT2D eigenvalue weighted by molar-refractivity contribution is 5.70. The van der Waals surface area contributed by atoms with Gasteiger partial charge in [-0.05, 0) is 0 Å². The summed E-state index contributed by atoms with van der Waals surface area (Å²) < 4.78 is 19.7. The molecule has 0 aromatic rings. The van der Waals surface area contributed by atoms with Gasteiger partial charge in [0.1, 0.15) is 18.8 Å². The number of carbonyl (C=O) groups excluding carboxylic acids is 3. The molecule has 5 atom stereocenters. The Balaban J connectivity index is 2.85. The molecular weight excluding hydrogens is 462 g/mol. The van der Waals surface area contributed by atoms with E-state index in [1.807, 2.05) is 0 Å². The first-order chi connectivity index (χ1) is 15.4. The Morgan fingerprint density at radius 3 is 1.70 bits per heavy atom. The Hall–Kier alpha value is -2.07. The Kier molecular flexibility index (Phi) is 12.5. The summed E-state index contributed by atoms with van der Waals surface area (Å²) in [5.41, 5.74) is 0. The van der Waals surface area contributed by atoms with E-state index in [0.29, 0.717) is 0 Å². The van der Waals surface area contributed by atoms with Crippen molar-refractivity contribution < 1.29 is 59.2 Å². The minimum Gasteiger partial charge on any atom is -0.762 e. The molecule has 1 saturated heterocycles. The highest BCUT2D eigenvalue weighted by atomic mass is 16.8. The lowest BCUT2D eigenvalue weighted by atomic mass is 9.99. The number of rotatable bonds is 13. The van der Waals surface area contributed by atoms with E-state index < -0.39 is 110 Å². The summed E-state index contributed by atoms with van der Waals surface area (Å²) >= 11 is 0. The van der Waals surface area contributed by atoms with Crippen molar-refractivity contribution in [3.05, 3.63) is 15.6 Å². The van der Waals surface area contributed by atoms with E-state index >= 15 is 0 Å². The molecular formula is C15H24N3O15-3. The lowest BCUT2D eigenvalue weighted by Gasteiger charge is -2.41. The fourth-order valence-corrected chi connectivity index (χ4v) is 2.48. The van der Waals surface area contributed by atoms with Gasteiger partial charge in [0.25, 0.3) is 0 Å². The maximum absolute atomic E-state index is 11.9. The Labute approximate surface area is 185 Å². The van der Waals surface area contributed by atoms with Crippen molar-refractivity contribution in [2.75, 3.05) is 26.2 Å². The van der Waals surface area contributed by atoms with Crippen molar-refractivity contribution in [2.24, 2.45) is 0 Å². The molecule has 1 fully saturated rings. The average Bonchev–Trinajstić information content (AvgIpc) is 2.73. The van der Waals surface area contributed by atoms with Gasteiger partial charge in [-0.25, -0.2) is 0 Å². The van der Waals surface area contributed by atoms with Crippen LogP contribution in [0.2, 0.25) is 0 Å². The zero-order chi connectivity index (χ0) is 25.1. The topological polar surface area (TPSA) is 268 Å². The van der Waals surface area contributed by atoms with Crippen LogP contribution < -0.4 is 0 Å². The molecule has 0 aromatic carbocycles. The number of nitrogens with zero attached hydrogens (tertiary/aromatic N) is 3. The normalized spacial score (nSPS) is 25.4. The van der Waals surface area contributed by atoms with Crippen LogP contribution in [0.1, 0.15) is 19.3 Å². The first-order valence-electron chi connectivity index (χ1n) is 9.37. The molecule has 0 amide bonds. The van der Waals surface area contributed by atoms with Gasteiger partial charge in [-0.15, -0.1) is 0 Å². The molecule has 1 aliphatic rings. The average molecular weight is 486 g/mol. The second-order valence-electron chi connectivity index (χ2n) is 6.63. The van der Waals surface area contributed by atoms with Crippen molar-refractivity contribution in [1.29, 1.82) is 0 Å². The second-order valence-corrected chi connectivity index (χ2v) is 6.63. The van der Waals surface area contributed by atoms with E-state index in [0.717, 1.165) is 0 Å². The van der Waals surface area contributed by atoms with Gasteiger partial charge in [-0.3, -0.25) is 30.1 Å². The molecule has 0 aliphatic carbocycles. The lowest BCUT2D eigenvalue weighted by Crippen LogP contribution is -2.61. The monoisotopic (exact) mass is 486 g/mol. The van der Waals surface area contributed by atoms with E-state index in [1.165, 1.54) is 0 Å². The van der Waals surface area contributed by atoms with E-state index in [9.17, 15) is 40.2 Å². The van der Waals surface area contributed by atoms with Gasteiger partial charge in [-0.1, -0.05) is 0 Å². The quantitative estimate of drug-likeness (QED) is 0.0996. The molecule has 1 heterocycles. The number of aliphatic hydroxyl groups excluding tert-OH is 2. The summed E-state index contributed by atoms with van der Waals surface area (Å²) in [6.45, 7) is -2.72. The molecule has 18 heteroatoms. The molecule has 0 radical (unpaired) electrons. The van der Waals surface area contributed by atoms with Gasteiger partial charge in [0, 0.05) is 19.6 Å².